The van der Waals surface area contributed by atoms with Crippen molar-refractivity contribution in [3.8, 4) is 0 Å². The summed E-state index contributed by atoms with van der Waals surface area (Å²) in [6, 6.07) is 1.52. The van der Waals surface area contributed by atoms with Gasteiger partial charge in [-0.05, 0) is 18.3 Å². The second-order valence-corrected chi connectivity index (χ2v) is 2.23. The molecule has 0 atom stereocenters. The van der Waals surface area contributed by atoms with Gasteiger partial charge in [0, 0.05) is 6.20 Å². The molecule has 1 rings (SSSR count). The van der Waals surface area contributed by atoms with Gasteiger partial charge in [-0.25, -0.2) is 0 Å². The molecule has 0 aliphatic heterocycles. The van der Waals surface area contributed by atoms with E-state index >= 15 is 0 Å². The highest BCUT2D eigenvalue weighted by Crippen LogP contribution is 1.89. The van der Waals surface area contributed by atoms with Crippen LogP contribution in [-0.2, 0) is 0 Å². The van der Waals surface area contributed by atoms with Crippen molar-refractivity contribution in [2.75, 3.05) is 0 Å². The van der Waals surface area contributed by atoms with Crippen LogP contribution in [0.25, 0.3) is 0 Å². The lowest BCUT2D eigenvalue weighted by Crippen LogP contribution is -2.34. The lowest BCUT2D eigenvalue weighted by molar-refractivity contribution is 0.0972. The Balaban J connectivity index is 2.64. The zero-order valence-corrected chi connectivity index (χ0v) is 6.31. The molecule has 4 N–H and O–H groups in total. The Morgan fingerprint density at radius 2 is 2.55 bits per heavy atom. The van der Waals surface area contributed by atoms with Crippen molar-refractivity contribution < 1.29 is 4.79 Å². The Morgan fingerprint density at radius 1 is 1.82 bits per heavy atom. The second-order valence-electron chi connectivity index (χ2n) is 1.79. The minimum absolute atomic E-state index is 0.0513. The summed E-state index contributed by atoms with van der Waals surface area (Å²) >= 11 is 4.46. The summed E-state index contributed by atoms with van der Waals surface area (Å²) < 4.78 is 0. The molecule has 0 saturated carbocycles. The van der Waals surface area contributed by atoms with Crippen LogP contribution in [0.5, 0.6) is 0 Å². The summed E-state index contributed by atoms with van der Waals surface area (Å²) in [6.45, 7) is 0. The quantitative estimate of drug-likeness (QED) is 0.490. The van der Waals surface area contributed by atoms with E-state index < -0.39 is 0 Å². The molecule has 0 bridgehead atoms. The number of rotatable bonds is 1. The van der Waals surface area contributed by atoms with Gasteiger partial charge in [0.2, 0.25) is 0 Å². The predicted molar refractivity (Wildman–Crippen MR) is 42.8 cm³/mol. The van der Waals surface area contributed by atoms with Gasteiger partial charge in [0.1, 0.15) is 5.69 Å². The molecule has 5 nitrogen and oxygen atoms in total. The maximum Gasteiger partial charge on any atom is 0.275 e. The fraction of sp³-hybridized carbons (Fsp3) is 0. The first kappa shape index (κ1) is 7.67. The van der Waals surface area contributed by atoms with Crippen LogP contribution < -0.4 is 11.1 Å². The lowest BCUT2D eigenvalue weighted by Gasteiger charge is -1.97. The highest BCUT2D eigenvalue weighted by atomic mass is 32.1. The van der Waals surface area contributed by atoms with Crippen LogP contribution in [-0.4, -0.2) is 21.2 Å². The summed E-state index contributed by atoms with van der Waals surface area (Å²) in [5.41, 5.74) is 5.40. The molecule has 1 aromatic heterocycles. The highest BCUT2D eigenvalue weighted by Gasteiger charge is 2.05. The van der Waals surface area contributed by atoms with E-state index in [-0.39, 0.29) is 11.0 Å². The van der Waals surface area contributed by atoms with Gasteiger partial charge in [-0.3, -0.25) is 15.2 Å². The molecule has 0 aliphatic rings. The van der Waals surface area contributed by atoms with E-state index in [9.17, 15) is 4.79 Å². The fourth-order valence-electron chi connectivity index (χ4n) is 0.562. The molecule has 0 fully saturated rings. The summed E-state index contributed by atoms with van der Waals surface area (Å²) in [4.78, 5) is 11.0. The Kier molecular flexibility index (Phi) is 2.17. The summed E-state index contributed by atoms with van der Waals surface area (Å²) in [7, 11) is 0. The number of aromatic amines is 1. The molecule has 0 radical (unpaired) electrons. The fourth-order valence-corrected chi connectivity index (χ4v) is 0.654. The zero-order chi connectivity index (χ0) is 8.27. The van der Waals surface area contributed by atoms with Gasteiger partial charge in [0.15, 0.2) is 5.11 Å². The second kappa shape index (κ2) is 3.11. The van der Waals surface area contributed by atoms with Gasteiger partial charge in [-0.1, -0.05) is 0 Å². The number of thiocarbonyl (C=S) groups is 1. The lowest BCUT2D eigenvalue weighted by atomic mass is 10.4. The molecule has 11 heavy (non-hydrogen) atoms. The first-order valence-corrected chi connectivity index (χ1v) is 3.21. The number of nitrogens with one attached hydrogen (secondary N) is 2. The molecule has 0 unspecified atom stereocenters. The van der Waals surface area contributed by atoms with Crippen molar-refractivity contribution in [1.29, 1.82) is 0 Å². The molecular formula is C5H6N4OS. The molecule has 0 spiro atoms. The number of carbonyl (C=O) groups excluding carboxylic acids is 1. The molecule has 1 amide bonds. The van der Waals surface area contributed by atoms with Crippen molar-refractivity contribution in [3.63, 3.8) is 0 Å². The molecule has 6 heteroatoms. The van der Waals surface area contributed by atoms with E-state index in [1.165, 1.54) is 12.3 Å². The van der Waals surface area contributed by atoms with Crippen LogP contribution in [0.4, 0.5) is 0 Å². The molecule has 1 heterocycles. The zero-order valence-electron chi connectivity index (χ0n) is 5.50. The highest BCUT2D eigenvalue weighted by molar-refractivity contribution is 7.80. The van der Waals surface area contributed by atoms with E-state index in [2.05, 4.69) is 27.7 Å². The molecule has 0 aliphatic carbocycles. The van der Waals surface area contributed by atoms with Gasteiger partial charge in [0.25, 0.3) is 5.91 Å². The topological polar surface area (TPSA) is 83.8 Å². The molecular weight excluding hydrogens is 164 g/mol. The Hall–Kier alpha value is -1.43. The Labute approximate surface area is 68.0 Å². The number of nitrogens with two attached hydrogens (primary N) is 1. The van der Waals surface area contributed by atoms with E-state index in [1.54, 1.807) is 0 Å². The van der Waals surface area contributed by atoms with E-state index in [1.807, 2.05) is 0 Å². The predicted octanol–water partition coefficient (Wildman–Crippen LogP) is -0.617. The average Bonchev–Trinajstić information content (AvgIpc) is 2.35. The van der Waals surface area contributed by atoms with E-state index in [0.29, 0.717) is 5.69 Å². The Bertz CT molecular complexity index is 268. The largest absolute Gasteiger partial charge is 0.376 e. The van der Waals surface area contributed by atoms with Crippen LogP contribution in [0.15, 0.2) is 12.3 Å². The minimum Gasteiger partial charge on any atom is -0.376 e. The van der Waals surface area contributed by atoms with E-state index in [4.69, 9.17) is 5.73 Å². The van der Waals surface area contributed by atoms with Gasteiger partial charge in [0.05, 0.1) is 0 Å². The van der Waals surface area contributed by atoms with Crippen molar-refractivity contribution in [1.82, 2.24) is 15.5 Å². The molecule has 1 aromatic rings. The number of aromatic nitrogens is 2. The van der Waals surface area contributed by atoms with Crippen LogP contribution in [0.1, 0.15) is 10.5 Å². The monoisotopic (exact) mass is 170 g/mol. The molecule has 58 valence electrons. The third-order valence-corrected chi connectivity index (χ3v) is 1.08. The first-order valence-electron chi connectivity index (χ1n) is 2.80. The van der Waals surface area contributed by atoms with Crippen molar-refractivity contribution in [2.45, 2.75) is 0 Å². The maximum atomic E-state index is 11.0. The van der Waals surface area contributed by atoms with Gasteiger partial charge in [-0.2, -0.15) is 5.10 Å². The van der Waals surface area contributed by atoms with Gasteiger partial charge < -0.3 is 5.73 Å². The number of hydrogen-bond donors (Lipinski definition) is 3. The SMILES string of the molecule is NC(=S)NC(=O)c1ccn[nH]1. The number of amides is 1. The third kappa shape index (κ3) is 2.01. The minimum atomic E-state index is -0.380. The average molecular weight is 170 g/mol. The van der Waals surface area contributed by atoms with E-state index in [0.717, 1.165) is 0 Å². The number of nitrogens with zero attached hydrogens (tertiary/aromatic N) is 1. The standard InChI is InChI=1S/C5H6N4OS/c6-5(11)8-4(10)3-1-2-7-9-3/h1-2H,(H,7,9)(H3,6,8,10,11). The van der Waals surface area contributed by atoms with Crippen molar-refractivity contribution in [2.24, 2.45) is 5.73 Å². The summed E-state index contributed by atoms with van der Waals surface area (Å²) in [5, 5.41) is 8.24. The molecule has 0 aromatic carbocycles. The van der Waals surface area contributed by atoms with Gasteiger partial charge >= 0.3 is 0 Å². The third-order valence-electron chi connectivity index (χ3n) is 0.982. The first-order chi connectivity index (χ1) is 5.20. The van der Waals surface area contributed by atoms with Crippen molar-refractivity contribution >= 4 is 23.2 Å². The van der Waals surface area contributed by atoms with Crippen LogP contribution >= 0.6 is 12.2 Å². The smallest absolute Gasteiger partial charge is 0.275 e. The van der Waals surface area contributed by atoms with Crippen molar-refractivity contribution in [3.05, 3.63) is 18.0 Å². The molecule has 0 saturated heterocycles. The summed E-state index contributed by atoms with van der Waals surface area (Å²) in [5.74, 6) is -0.380. The number of hydrogen-bond acceptors (Lipinski definition) is 3. The van der Waals surface area contributed by atoms with Crippen LogP contribution in [0, 0.1) is 0 Å². The maximum absolute atomic E-state index is 11.0. The normalized spacial score (nSPS) is 9.09. The Morgan fingerprint density at radius 3 is 3.00 bits per heavy atom. The number of H-pyrrole nitrogens is 1. The van der Waals surface area contributed by atoms with Crippen LogP contribution in [0.2, 0.25) is 0 Å². The summed E-state index contributed by atoms with van der Waals surface area (Å²) in [6.07, 6.45) is 1.47. The van der Waals surface area contributed by atoms with Gasteiger partial charge in [-0.15, -0.1) is 0 Å². The number of carbonyl (C=O) groups is 1. The van der Waals surface area contributed by atoms with Crippen LogP contribution in [0.3, 0.4) is 0 Å².